The Balaban J connectivity index is 1.42. The predicted molar refractivity (Wildman–Crippen MR) is 133 cm³/mol. The van der Waals surface area contributed by atoms with Gasteiger partial charge in [0.25, 0.3) is 11.8 Å². The highest BCUT2D eigenvalue weighted by Gasteiger charge is 2.20. The first-order valence-electron chi connectivity index (χ1n) is 10.6. The van der Waals surface area contributed by atoms with E-state index in [0.29, 0.717) is 40.5 Å². The highest BCUT2D eigenvalue weighted by atomic mass is 35.5. The number of aryl methyl sites for hydroxylation is 1. The Kier molecular flexibility index (Phi) is 6.94. The molecule has 0 fully saturated rings. The summed E-state index contributed by atoms with van der Waals surface area (Å²) in [5.74, 6) is 0.0837. The van der Waals surface area contributed by atoms with Gasteiger partial charge in [-0.3, -0.25) is 9.59 Å². The first-order chi connectivity index (χ1) is 16.4. The van der Waals surface area contributed by atoms with Crippen molar-refractivity contribution >= 4 is 34.8 Å². The molecule has 7 nitrogen and oxygen atoms in total. The molecule has 172 valence electrons. The minimum Gasteiger partial charge on any atom is -0.497 e. The molecule has 0 aliphatic rings. The molecule has 1 heterocycles. The molecule has 0 unspecified atom stereocenters. The number of aromatic nitrogens is 2. The lowest BCUT2D eigenvalue weighted by atomic mass is 10.1. The number of methoxy groups -OCH3 is 1. The fourth-order valence-corrected chi connectivity index (χ4v) is 3.77. The molecular formula is C26H23ClN4O3. The number of amides is 2. The van der Waals surface area contributed by atoms with E-state index in [2.05, 4.69) is 15.7 Å². The van der Waals surface area contributed by atoms with Crippen molar-refractivity contribution < 1.29 is 14.3 Å². The first-order valence-corrected chi connectivity index (χ1v) is 11.0. The van der Waals surface area contributed by atoms with Crippen LogP contribution < -0.4 is 15.4 Å². The van der Waals surface area contributed by atoms with Crippen molar-refractivity contribution in [1.82, 2.24) is 9.78 Å². The van der Waals surface area contributed by atoms with Crippen LogP contribution in [0.15, 0.2) is 78.9 Å². The monoisotopic (exact) mass is 474 g/mol. The molecule has 4 aromatic rings. The Bertz CT molecular complexity index is 1300. The molecule has 2 N–H and O–H groups in total. The number of carbonyl (C=O) groups excluding carboxylic acids is 2. The van der Waals surface area contributed by atoms with Crippen LogP contribution in [0.5, 0.6) is 5.75 Å². The fourth-order valence-electron chi connectivity index (χ4n) is 3.45. The van der Waals surface area contributed by atoms with Gasteiger partial charge in [0.05, 0.1) is 24.9 Å². The van der Waals surface area contributed by atoms with E-state index in [1.165, 1.54) is 0 Å². The van der Waals surface area contributed by atoms with E-state index in [4.69, 9.17) is 16.3 Å². The zero-order chi connectivity index (χ0) is 24.1. The summed E-state index contributed by atoms with van der Waals surface area (Å²) >= 11 is 6.48. The van der Waals surface area contributed by atoms with Crippen molar-refractivity contribution in [1.29, 1.82) is 0 Å². The van der Waals surface area contributed by atoms with Crippen LogP contribution in [0.3, 0.4) is 0 Å². The number of halogens is 1. The lowest BCUT2D eigenvalue weighted by Gasteiger charge is -2.08. The molecular weight excluding hydrogens is 452 g/mol. The van der Waals surface area contributed by atoms with E-state index < -0.39 is 0 Å². The Labute approximate surface area is 202 Å². The maximum Gasteiger partial charge on any atom is 0.260 e. The SMILES string of the molecule is COc1ccc(NC(=O)c2ccc(NC(=O)c3c(C)nn(Cc4ccccc4)c3Cl)cc2)cc1. The molecule has 0 radical (unpaired) electrons. The van der Waals surface area contributed by atoms with Crippen LogP contribution in [0.1, 0.15) is 32.0 Å². The van der Waals surface area contributed by atoms with Crippen molar-refractivity contribution in [3.8, 4) is 5.75 Å². The zero-order valence-corrected chi connectivity index (χ0v) is 19.5. The van der Waals surface area contributed by atoms with Crippen LogP contribution >= 0.6 is 11.6 Å². The second-order valence-electron chi connectivity index (χ2n) is 7.61. The third kappa shape index (κ3) is 5.27. The average Bonchev–Trinajstić information content (AvgIpc) is 3.13. The van der Waals surface area contributed by atoms with Crippen LogP contribution in [0.2, 0.25) is 5.15 Å². The minimum absolute atomic E-state index is 0.260. The molecule has 8 heteroatoms. The summed E-state index contributed by atoms with van der Waals surface area (Å²) in [6, 6.07) is 23.4. The van der Waals surface area contributed by atoms with Crippen LogP contribution in [-0.4, -0.2) is 28.7 Å². The fraction of sp³-hybridized carbons (Fsp3) is 0.115. The quantitative estimate of drug-likeness (QED) is 0.375. The lowest BCUT2D eigenvalue weighted by Crippen LogP contribution is -2.14. The summed E-state index contributed by atoms with van der Waals surface area (Å²) in [6.07, 6.45) is 0. The van der Waals surface area contributed by atoms with Gasteiger partial charge in [-0.2, -0.15) is 5.10 Å². The van der Waals surface area contributed by atoms with Gasteiger partial charge in [-0.05, 0) is 61.0 Å². The van der Waals surface area contributed by atoms with Gasteiger partial charge in [0.15, 0.2) is 0 Å². The lowest BCUT2D eigenvalue weighted by molar-refractivity contribution is 0.101. The van der Waals surface area contributed by atoms with E-state index in [1.54, 1.807) is 67.2 Å². The Morgan fingerprint density at radius 2 is 1.47 bits per heavy atom. The van der Waals surface area contributed by atoms with Crippen LogP contribution in [0, 0.1) is 6.92 Å². The van der Waals surface area contributed by atoms with Gasteiger partial charge in [-0.25, -0.2) is 4.68 Å². The van der Waals surface area contributed by atoms with E-state index in [9.17, 15) is 9.59 Å². The Morgan fingerprint density at radius 3 is 2.09 bits per heavy atom. The van der Waals surface area contributed by atoms with E-state index >= 15 is 0 Å². The molecule has 34 heavy (non-hydrogen) atoms. The van der Waals surface area contributed by atoms with Crippen molar-refractivity contribution in [2.24, 2.45) is 0 Å². The Hall–Kier alpha value is -4.10. The van der Waals surface area contributed by atoms with Gasteiger partial charge in [0, 0.05) is 16.9 Å². The minimum atomic E-state index is -0.364. The largest absolute Gasteiger partial charge is 0.497 e. The third-order valence-electron chi connectivity index (χ3n) is 5.22. The topological polar surface area (TPSA) is 85.2 Å². The summed E-state index contributed by atoms with van der Waals surface area (Å²) in [5, 5.41) is 10.3. The molecule has 0 aliphatic heterocycles. The molecule has 1 aromatic heterocycles. The molecule has 0 spiro atoms. The molecule has 0 saturated carbocycles. The molecule has 0 atom stereocenters. The van der Waals surface area contributed by atoms with Crippen molar-refractivity contribution in [2.75, 3.05) is 17.7 Å². The normalized spacial score (nSPS) is 10.6. The number of nitrogens with zero attached hydrogens (tertiary/aromatic N) is 2. The van der Waals surface area contributed by atoms with Gasteiger partial charge in [0.1, 0.15) is 10.9 Å². The Morgan fingerprint density at radius 1 is 0.882 bits per heavy atom. The van der Waals surface area contributed by atoms with Gasteiger partial charge < -0.3 is 15.4 Å². The second kappa shape index (κ2) is 10.2. The highest BCUT2D eigenvalue weighted by Crippen LogP contribution is 2.23. The number of benzene rings is 3. The van der Waals surface area contributed by atoms with E-state index in [-0.39, 0.29) is 17.0 Å². The predicted octanol–water partition coefficient (Wildman–Crippen LogP) is 5.41. The summed E-state index contributed by atoms with van der Waals surface area (Å²) < 4.78 is 6.72. The average molecular weight is 475 g/mol. The summed E-state index contributed by atoms with van der Waals surface area (Å²) in [6.45, 7) is 2.21. The molecule has 2 amide bonds. The molecule has 0 bridgehead atoms. The molecule has 3 aromatic carbocycles. The summed E-state index contributed by atoms with van der Waals surface area (Å²) in [5.41, 5.74) is 3.53. The first kappa shape index (κ1) is 23.1. The zero-order valence-electron chi connectivity index (χ0n) is 18.7. The number of rotatable bonds is 7. The van der Waals surface area contributed by atoms with Crippen LogP contribution in [-0.2, 0) is 6.54 Å². The maximum absolute atomic E-state index is 12.9. The van der Waals surface area contributed by atoms with Gasteiger partial charge in [-0.1, -0.05) is 41.9 Å². The summed E-state index contributed by atoms with van der Waals surface area (Å²) in [4.78, 5) is 25.4. The van der Waals surface area contributed by atoms with Crippen molar-refractivity contribution in [3.05, 3.63) is 106 Å². The third-order valence-corrected chi connectivity index (χ3v) is 5.60. The van der Waals surface area contributed by atoms with Gasteiger partial charge >= 0.3 is 0 Å². The van der Waals surface area contributed by atoms with Crippen molar-refractivity contribution in [2.45, 2.75) is 13.5 Å². The number of hydrogen-bond acceptors (Lipinski definition) is 4. The number of nitrogens with one attached hydrogen (secondary N) is 2. The van der Waals surface area contributed by atoms with E-state index in [1.807, 2.05) is 30.3 Å². The second-order valence-corrected chi connectivity index (χ2v) is 7.97. The summed E-state index contributed by atoms with van der Waals surface area (Å²) in [7, 11) is 1.58. The van der Waals surface area contributed by atoms with Crippen LogP contribution in [0.4, 0.5) is 11.4 Å². The molecule has 4 rings (SSSR count). The number of ether oxygens (including phenoxy) is 1. The smallest absolute Gasteiger partial charge is 0.260 e. The van der Waals surface area contributed by atoms with E-state index in [0.717, 1.165) is 5.56 Å². The van der Waals surface area contributed by atoms with Crippen LogP contribution in [0.25, 0.3) is 0 Å². The number of hydrogen-bond donors (Lipinski definition) is 2. The number of anilines is 2. The molecule has 0 aliphatic carbocycles. The standard InChI is InChI=1S/C26H23ClN4O3/c1-17-23(24(27)31(30-17)16-18-6-4-3-5-7-18)26(33)29-20-10-8-19(9-11-20)25(32)28-21-12-14-22(34-2)15-13-21/h3-15H,16H2,1-2H3,(H,28,32)(H,29,33). The highest BCUT2D eigenvalue weighted by molar-refractivity contribution is 6.33. The number of carbonyl (C=O) groups is 2. The van der Waals surface area contributed by atoms with Crippen molar-refractivity contribution in [3.63, 3.8) is 0 Å². The van der Waals surface area contributed by atoms with Gasteiger partial charge in [0.2, 0.25) is 0 Å². The maximum atomic E-state index is 12.9. The molecule has 0 saturated heterocycles. The van der Waals surface area contributed by atoms with Gasteiger partial charge in [-0.15, -0.1) is 0 Å².